The molecule has 1 aromatic rings. The molecule has 0 saturated heterocycles. The zero-order valence-corrected chi connectivity index (χ0v) is 11.9. The van der Waals surface area contributed by atoms with Crippen molar-refractivity contribution in [2.24, 2.45) is 11.7 Å². The molecule has 1 heterocycles. The summed E-state index contributed by atoms with van der Waals surface area (Å²) in [6.07, 6.45) is 1.61. The van der Waals surface area contributed by atoms with Gasteiger partial charge in [0.2, 0.25) is 0 Å². The Morgan fingerprint density at radius 3 is 2.95 bits per heavy atom. The van der Waals surface area contributed by atoms with Gasteiger partial charge in [-0.25, -0.2) is 0 Å². The van der Waals surface area contributed by atoms with Crippen LogP contribution in [-0.2, 0) is 4.79 Å². The number of ether oxygens (including phenoxy) is 1. The highest BCUT2D eigenvalue weighted by molar-refractivity contribution is 6.04. The molecule has 1 saturated carbocycles. The number of fused-ring (bicyclic) bond motifs is 1. The van der Waals surface area contributed by atoms with Crippen molar-refractivity contribution in [2.75, 3.05) is 11.9 Å². The normalized spacial score (nSPS) is 21.8. The number of rotatable bonds is 4. The van der Waals surface area contributed by atoms with Crippen LogP contribution >= 0.6 is 0 Å². The summed E-state index contributed by atoms with van der Waals surface area (Å²) >= 11 is 0. The number of amides is 2. The van der Waals surface area contributed by atoms with E-state index >= 15 is 0 Å². The van der Waals surface area contributed by atoms with Crippen LogP contribution in [0, 0.1) is 5.92 Å². The van der Waals surface area contributed by atoms with Crippen molar-refractivity contribution in [3.8, 4) is 5.75 Å². The highest BCUT2D eigenvalue weighted by Crippen LogP contribution is 2.35. The van der Waals surface area contributed by atoms with Gasteiger partial charge in [-0.3, -0.25) is 9.59 Å². The Balaban J connectivity index is 1.83. The fraction of sp³-hybridized carbons (Fsp3) is 0.467. The molecule has 1 fully saturated rings. The molecule has 0 aromatic heterocycles. The summed E-state index contributed by atoms with van der Waals surface area (Å²) in [5.74, 6) is 0.488. The Kier molecular flexibility index (Phi) is 3.55. The van der Waals surface area contributed by atoms with Crippen molar-refractivity contribution in [1.29, 1.82) is 0 Å². The zero-order chi connectivity index (χ0) is 15.0. The van der Waals surface area contributed by atoms with Gasteiger partial charge in [-0.2, -0.15) is 0 Å². The lowest BCUT2D eigenvalue weighted by Crippen LogP contribution is -2.42. The van der Waals surface area contributed by atoms with Gasteiger partial charge < -0.3 is 21.1 Å². The number of nitrogens with one attached hydrogen (secondary N) is 2. The lowest BCUT2D eigenvalue weighted by atomic mass is 10.1. The molecule has 2 atom stereocenters. The number of hydrogen-bond donors (Lipinski definition) is 3. The third-order valence-electron chi connectivity index (χ3n) is 3.94. The topological polar surface area (TPSA) is 93.4 Å². The van der Waals surface area contributed by atoms with Gasteiger partial charge in [-0.05, 0) is 37.8 Å². The van der Waals surface area contributed by atoms with Crippen LogP contribution in [0.5, 0.6) is 5.75 Å². The number of carbonyl (C=O) groups is 2. The van der Waals surface area contributed by atoms with Crippen LogP contribution < -0.4 is 21.1 Å². The molecule has 1 aromatic carbocycles. The van der Waals surface area contributed by atoms with Gasteiger partial charge in [0.1, 0.15) is 0 Å². The molecule has 1 aliphatic carbocycles. The predicted molar refractivity (Wildman–Crippen MR) is 78.2 cm³/mol. The minimum Gasteiger partial charge on any atom is -0.478 e. The Morgan fingerprint density at radius 2 is 2.29 bits per heavy atom. The monoisotopic (exact) mass is 289 g/mol. The van der Waals surface area contributed by atoms with E-state index in [0.717, 1.165) is 12.8 Å². The number of benzene rings is 1. The second-order valence-electron chi connectivity index (χ2n) is 5.58. The number of hydrogen-bond acceptors (Lipinski definition) is 4. The lowest BCUT2D eigenvalue weighted by molar-refractivity contribution is -0.122. The SMILES string of the molecule is CC1Oc2c(cccc2C(=O)NC(CN)C2CC2)NC1=O. The van der Waals surface area contributed by atoms with Crippen LogP contribution in [0.1, 0.15) is 30.1 Å². The predicted octanol–water partition coefficient (Wildman–Crippen LogP) is 0.873. The third kappa shape index (κ3) is 2.71. The molecule has 0 bridgehead atoms. The molecule has 6 heteroatoms. The largest absolute Gasteiger partial charge is 0.478 e. The molecule has 112 valence electrons. The van der Waals surface area contributed by atoms with Crippen molar-refractivity contribution >= 4 is 17.5 Å². The maximum Gasteiger partial charge on any atom is 0.265 e. The second-order valence-corrected chi connectivity index (χ2v) is 5.58. The molecule has 2 unspecified atom stereocenters. The summed E-state index contributed by atoms with van der Waals surface area (Å²) in [6, 6.07) is 5.14. The molecule has 2 amide bonds. The van der Waals surface area contributed by atoms with Crippen LogP contribution in [0.4, 0.5) is 5.69 Å². The van der Waals surface area contributed by atoms with E-state index in [0.29, 0.717) is 29.5 Å². The average Bonchev–Trinajstić information content (AvgIpc) is 3.29. The van der Waals surface area contributed by atoms with Crippen molar-refractivity contribution in [3.05, 3.63) is 23.8 Å². The molecule has 0 radical (unpaired) electrons. The maximum absolute atomic E-state index is 12.4. The van der Waals surface area contributed by atoms with Gasteiger partial charge in [0, 0.05) is 12.6 Å². The number of carbonyl (C=O) groups excluding carboxylic acids is 2. The van der Waals surface area contributed by atoms with Crippen molar-refractivity contribution in [2.45, 2.75) is 31.9 Å². The Labute approximate surface area is 123 Å². The fourth-order valence-corrected chi connectivity index (χ4v) is 2.52. The molecule has 0 spiro atoms. The van der Waals surface area contributed by atoms with Gasteiger partial charge in [0.15, 0.2) is 11.9 Å². The van der Waals surface area contributed by atoms with E-state index in [1.807, 2.05) is 0 Å². The number of anilines is 1. The molecular formula is C15H19N3O3. The zero-order valence-electron chi connectivity index (χ0n) is 11.9. The van der Waals surface area contributed by atoms with Crippen LogP contribution in [0.15, 0.2) is 18.2 Å². The smallest absolute Gasteiger partial charge is 0.265 e. The fourth-order valence-electron chi connectivity index (χ4n) is 2.52. The van der Waals surface area contributed by atoms with Gasteiger partial charge in [-0.15, -0.1) is 0 Å². The first-order chi connectivity index (χ1) is 10.1. The molecular weight excluding hydrogens is 270 g/mol. The van der Waals surface area contributed by atoms with Gasteiger partial charge in [0.25, 0.3) is 11.8 Å². The van der Waals surface area contributed by atoms with E-state index in [1.165, 1.54) is 0 Å². The maximum atomic E-state index is 12.4. The van der Waals surface area contributed by atoms with Crippen LogP contribution in [0.2, 0.25) is 0 Å². The Hall–Kier alpha value is -2.08. The van der Waals surface area contributed by atoms with Crippen molar-refractivity contribution in [1.82, 2.24) is 5.32 Å². The van der Waals surface area contributed by atoms with Gasteiger partial charge >= 0.3 is 0 Å². The minimum atomic E-state index is -0.611. The van der Waals surface area contributed by atoms with Crippen LogP contribution in [0.25, 0.3) is 0 Å². The van der Waals surface area contributed by atoms with Crippen LogP contribution in [0.3, 0.4) is 0 Å². The Bertz CT molecular complexity index is 584. The van der Waals surface area contributed by atoms with E-state index in [1.54, 1.807) is 25.1 Å². The summed E-state index contributed by atoms with van der Waals surface area (Å²) in [5, 5.41) is 5.70. The molecule has 3 rings (SSSR count). The molecule has 1 aliphatic heterocycles. The second kappa shape index (κ2) is 5.37. The Morgan fingerprint density at radius 1 is 1.52 bits per heavy atom. The van der Waals surface area contributed by atoms with E-state index in [4.69, 9.17) is 10.5 Å². The number of nitrogens with two attached hydrogens (primary N) is 1. The molecule has 6 nitrogen and oxygen atoms in total. The van der Waals surface area contributed by atoms with Crippen LogP contribution in [-0.4, -0.2) is 30.5 Å². The van der Waals surface area contributed by atoms with Gasteiger partial charge in [-0.1, -0.05) is 6.07 Å². The summed E-state index contributed by atoms with van der Waals surface area (Å²) in [4.78, 5) is 24.1. The molecule has 2 aliphatic rings. The highest BCUT2D eigenvalue weighted by atomic mass is 16.5. The summed E-state index contributed by atoms with van der Waals surface area (Å²) in [7, 11) is 0. The van der Waals surface area contributed by atoms with E-state index in [9.17, 15) is 9.59 Å². The third-order valence-corrected chi connectivity index (χ3v) is 3.94. The van der Waals surface area contributed by atoms with Crippen molar-refractivity contribution in [3.63, 3.8) is 0 Å². The average molecular weight is 289 g/mol. The van der Waals surface area contributed by atoms with Gasteiger partial charge in [0.05, 0.1) is 11.3 Å². The lowest BCUT2D eigenvalue weighted by Gasteiger charge is -2.25. The minimum absolute atomic E-state index is 0.00367. The summed E-state index contributed by atoms with van der Waals surface area (Å²) in [6.45, 7) is 2.08. The first-order valence-electron chi connectivity index (χ1n) is 7.21. The summed E-state index contributed by atoms with van der Waals surface area (Å²) < 4.78 is 5.58. The highest BCUT2D eigenvalue weighted by Gasteiger charge is 2.33. The molecule has 21 heavy (non-hydrogen) atoms. The van der Waals surface area contributed by atoms with E-state index < -0.39 is 6.10 Å². The first kappa shape index (κ1) is 13.9. The van der Waals surface area contributed by atoms with E-state index in [2.05, 4.69) is 10.6 Å². The van der Waals surface area contributed by atoms with Crippen molar-refractivity contribution < 1.29 is 14.3 Å². The van der Waals surface area contributed by atoms with E-state index in [-0.39, 0.29) is 17.9 Å². The number of para-hydroxylation sites is 1. The summed E-state index contributed by atoms with van der Waals surface area (Å²) in [5.41, 5.74) is 6.67. The quantitative estimate of drug-likeness (QED) is 0.767. The molecule has 4 N–H and O–H groups in total. The first-order valence-corrected chi connectivity index (χ1v) is 7.21. The standard InChI is InChI=1S/C15H19N3O3/c1-8-14(19)17-11-4-2-3-10(13(11)21-8)15(20)18-12(7-16)9-5-6-9/h2-4,8-9,12H,5-7,16H2,1H3,(H,17,19)(H,18,20).